The Balaban J connectivity index is 2.96. The first-order valence-corrected chi connectivity index (χ1v) is 5.86. The Morgan fingerprint density at radius 1 is 1.62 bits per heavy atom. The van der Waals surface area contributed by atoms with Crippen molar-refractivity contribution in [2.24, 2.45) is 5.73 Å². The Bertz CT molecular complexity index is 410. The van der Waals surface area contributed by atoms with Gasteiger partial charge in [0, 0.05) is 29.4 Å². The van der Waals surface area contributed by atoms with Crippen LogP contribution in [0, 0.1) is 12.7 Å². The SMILES string of the molecule is Cc1cc([C@@H](C)N)c(F)cc1CNS(=O)[O-]. The van der Waals surface area contributed by atoms with Gasteiger partial charge >= 0.3 is 0 Å². The summed E-state index contributed by atoms with van der Waals surface area (Å²) in [5.74, 6) is -0.408. The second-order valence-electron chi connectivity index (χ2n) is 3.64. The summed E-state index contributed by atoms with van der Waals surface area (Å²) in [6.07, 6.45) is 0. The number of hydrogen-bond donors (Lipinski definition) is 2. The number of aryl methyl sites for hydroxylation is 1. The van der Waals surface area contributed by atoms with Gasteiger partial charge in [0.25, 0.3) is 0 Å². The summed E-state index contributed by atoms with van der Waals surface area (Å²) in [6.45, 7) is 3.57. The molecule has 16 heavy (non-hydrogen) atoms. The third-order valence-corrected chi connectivity index (χ3v) is 2.71. The molecule has 1 aromatic carbocycles. The quantitative estimate of drug-likeness (QED) is 0.778. The van der Waals surface area contributed by atoms with Gasteiger partial charge in [0.1, 0.15) is 5.82 Å². The number of hydrogen-bond acceptors (Lipinski definition) is 3. The largest absolute Gasteiger partial charge is 0.760 e. The van der Waals surface area contributed by atoms with Crippen molar-refractivity contribution in [3.63, 3.8) is 0 Å². The molecule has 0 aliphatic heterocycles. The highest BCUT2D eigenvalue weighted by Gasteiger charge is 2.10. The summed E-state index contributed by atoms with van der Waals surface area (Å²) < 4.78 is 36.4. The molecule has 90 valence electrons. The summed E-state index contributed by atoms with van der Waals surface area (Å²) in [5, 5.41) is 0. The van der Waals surface area contributed by atoms with E-state index in [0.29, 0.717) is 11.1 Å². The van der Waals surface area contributed by atoms with Gasteiger partial charge in [-0.15, -0.1) is 0 Å². The minimum atomic E-state index is -2.34. The molecule has 1 unspecified atom stereocenters. The van der Waals surface area contributed by atoms with Crippen LogP contribution in [0.3, 0.4) is 0 Å². The molecule has 0 aliphatic rings. The lowest BCUT2D eigenvalue weighted by Gasteiger charge is -2.13. The molecular weight excluding hydrogens is 231 g/mol. The van der Waals surface area contributed by atoms with Crippen molar-refractivity contribution < 1.29 is 13.2 Å². The molecule has 0 radical (unpaired) electrons. The van der Waals surface area contributed by atoms with E-state index in [-0.39, 0.29) is 12.6 Å². The van der Waals surface area contributed by atoms with E-state index in [1.165, 1.54) is 6.07 Å². The van der Waals surface area contributed by atoms with Crippen molar-refractivity contribution in [2.45, 2.75) is 26.4 Å². The molecule has 0 amide bonds. The van der Waals surface area contributed by atoms with Crippen molar-refractivity contribution in [3.8, 4) is 0 Å². The summed E-state index contributed by atoms with van der Waals surface area (Å²) in [5.41, 5.74) is 7.45. The van der Waals surface area contributed by atoms with Crippen LogP contribution in [-0.2, 0) is 17.8 Å². The standard InChI is InChI=1S/C10H15FN2O2S/c1-6-3-9(7(2)12)10(11)4-8(6)5-13-16(14)15/h3-4,7,13H,5,12H2,1-2H3,(H,14,15)/p-1/t7-/m1/s1. The first kappa shape index (κ1) is 13.2. The molecule has 2 atom stereocenters. The molecule has 0 spiro atoms. The Morgan fingerprint density at radius 2 is 2.25 bits per heavy atom. The Kier molecular flexibility index (Phi) is 4.55. The monoisotopic (exact) mass is 245 g/mol. The van der Waals surface area contributed by atoms with Crippen LogP contribution in [0.4, 0.5) is 4.39 Å². The second-order valence-corrected chi connectivity index (χ2v) is 4.40. The molecule has 6 heteroatoms. The van der Waals surface area contributed by atoms with Crippen molar-refractivity contribution in [3.05, 3.63) is 34.6 Å². The summed E-state index contributed by atoms with van der Waals surface area (Å²) in [6, 6.07) is 2.58. The van der Waals surface area contributed by atoms with Gasteiger partial charge in [-0.3, -0.25) is 4.21 Å². The van der Waals surface area contributed by atoms with Gasteiger partial charge in [-0.1, -0.05) is 6.07 Å². The van der Waals surface area contributed by atoms with Gasteiger partial charge < -0.3 is 10.3 Å². The fourth-order valence-corrected chi connectivity index (χ4v) is 1.69. The average Bonchev–Trinajstić information content (AvgIpc) is 2.18. The van der Waals surface area contributed by atoms with Gasteiger partial charge in [-0.2, -0.15) is 0 Å². The van der Waals surface area contributed by atoms with Crippen molar-refractivity contribution in [1.82, 2.24) is 4.72 Å². The maximum atomic E-state index is 13.5. The highest BCUT2D eigenvalue weighted by Crippen LogP contribution is 2.19. The number of halogens is 1. The van der Waals surface area contributed by atoms with Crippen LogP contribution >= 0.6 is 0 Å². The number of benzene rings is 1. The molecule has 1 rings (SSSR count). The fourth-order valence-electron chi connectivity index (χ4n) is 1.42. The molecule has 0 aliphatic carbocycles. The molecule has 0 bridgehead atoms. The van der Waals surface area contributed by atoms with Crippen LogP contribution in [0.15, 0.2) is 12.1 Å². The molecule has 0 aromatic heterocycles. The summed E-state index contributed by atoms with van der Waals surface area (Å²) >= 11 is -2.34. The Labute approximate surface area is 96.5 Å². The van der Waals surface area contributed by atoms with E-state index in [1.807, 2.05) is 0 Å². The molecule has 0 heterocycles. The van der Waals surface area contributed by atoms with Crippen LogP contribution in [0.5, 0.6) is 0 Å². The zero-order valence-electron chi connectivity index (χ0n) is 9.12. The number of nitrogens with two attached hydrogens (primary N) is 1. The fraction of sp³-hybridized carbons (Fsp3) is 0.400. The Hall–Kier alpha value is -0.820. The molecule has 0 saturated carbocycles. The maximum absolute atomic E-state index is 13.5. The van der Waals surface area contributed by atoms with Crippen molar-refractivity contribution in [2.75, 3.05) is 0 Å². The predicted molar refractivity (Wildman–Crippen MR) is 59.5 cm³/mol. The number of rotatable bonds is 4. The van der Waals surface area contributed by atoms with Crippen LogP contribution in [0.1, 0.15) is 29.7 Å². The molecule has 1 aromatic rings. The molecule has 0 saturated heterocycles. The predicted octanol–water partition coefficient (Wildman–Crippen LogP) is 1.04. The zero-order valence-corrected chi connectivity index (χ0v) is 9.94. The maximum Gasteiger partial charge on any atom is 0.128 e. The third-order valence-electron chi connectivity index (χ3n) is 2.33. The second kappa shape index (κ2) is 5.49. The van der Waals surface area contributed by atoms with Crippen molar-refractivity contribution in [1.29, 1.82) is 0 Å². The lowest BCUT2D eigenvalue weighted by Crippen LogP contribution is -2.17. The summed E-state index contributed by atoms with van der Waals surface area (Å²) in [7, 11) is 0. The number of nitrogens with one attached hydrogen (secondary N) is 1. The van der Waals surface area contributed by atoms with Gasteiger partial charge in [0.05, 0.1) is 0 Å². The van der Waals surface area contributed by atoms with Gasteiger partial charge in [-0.25, -0.2) is 9.11 Å². The van der Waals surface area contributed by atoms with E-state index in [0.717, 1.165) is 5.56 Å². The average molecular weight is 245 g/mol. The topological polar surface area (TPSA) is 78.2 Å². The van der Waals surface area contributed by atoms with Crippen molar-refractivity contribution >= 4 is 11.3 Å². The normalized spacial score (nSPS) is 14.8. The lowest BCUT2D eigenvalue weighted by molar-refractivity contribution is 0.522. The van der Waals surface area contributed by atoms with Crippen LogP contribution in [-0.4, -0.2) is 8.76 Å². The Morgan fingerprint density at radius 3 is 2.75 bits per heavy atom. The lowest BCUT2D eigenvalue weighted by atomic mass is 10.0. The van der Waals surface area contributed by atoms with Gasteiger partial charge in [-0.05, 0) is 31.0 Å². The highest BCUT2D eigenvalue weighted by molar-refractivity contribution is 7.77. The van der Waals surface area contributed by atoms with Gasteiger partial charge in [0.2, 0.25) is 0 Å². The van der Waals surface area contributed by atoms with E-state index < -0.39 is 17.1 Å². The molecular formula is C10H14FN2O2S-. The minimum absolute atomic E-state index is 0.0814. The summed E-state index contributed by atoms with van der Waals surface area (Å²) in [4.78, 5) is 0. The molecule has 4 nitrogen and oxygen atoms in total. The third kappa shape index (κ3) is 3.34. The molecule has 0 fully saturated rings. The van der Waals surface area contributed by atoms with Crippen LogP contribution in [0.25, 0.3) is 0 Å². The first-order valence-electron chi connectivity index (χ1n) is 4.79. The smallest absolute Gasteiger partial charge is 0.128 e. The highest BCUT2D eigenvalue weighted by atomic mass is 32.2. The van der Waals surface area contributed by atoms with E-state index in [2.05, 4.69) is 4.72 Å². The zero-order chi connectivity index (χ0) is 12.3. The molecule has 3 N–H and O–H groups in total. The van der Waals surface area contributed by atoms with E-state index in [4.69, 9.17) is 5.73 Å². The first-order chi connectivity index (χ1) is 7.41. The van der Waals surface area contributed by atoms with E-state index in [1.54, 1.807) is 19.9 Å². The van der Waals surface area contributed by atoms with E-state index in [9.17, 15) is 13.2 Å². The minimum Gasteiger partial charge on any atom is -0.760 e. The van der Waals surface area contributed by atoms with Crippen LogP contribution in [0.2, 0.25) is 0 Å². The van der Waals surface area contributed by atoms with Gasteiger partial charge in [0.15, 0.2) is 0 Å². The van der Waals surface area contributed by atoms with E-state index >= 15 is 0 Å². The van der Waals surface area contributed by atoms with Crippen LogP contribution < -0.4 is 10.5 Å².